The Morgan fingerprint density at radius 2 is 1.44 bits per heavy atom. The van der Waals surface area contributed by atoms with Gasteiger partial charge in [0.2, 0.25) is 13.6 Å². The maximum absolute atomic E-state index is 13.3. The van der Waals surface area contributed by atoms with E-state index in [1.54, 1.807) is 0 Å². The molecule has 0 bridgehead atoms. The lowest BCUT2D eigenvalue weighted by atomic mass is 9.64. The zero-order valence-corrected chi connectivity index (χ0v) is 17.6. The van der Waals surface area contributed by atoms with Crippen molar-refractivity contribution in [2.75, 3.05) is 20.7 Å². The van der Waals surface area contributed by atoms with Crippen molar-refractivity contribution in [3.8, 4) is 23.0 Å². The molecule has 3 aromatic rings. The number of benzene rings is 3. The van der Waals surface area contributed by atoms with Crippen molar-refractivity contribution < 1.29 is 28.5 Å². The Labute approximate surface area is 185 Å². The number of esters is 1. The van der Waals surface area contributed by atoms with E-state index < -0.39 is 5.92 Å². The summed E-state index contributed by atoms with van der Waals surface area (Å²) < 4.78 is 27.6. The minimum absolute atomic E-state index is 0.0812. The van der Waals surface area contributed by atoms with E-state index in [9.17, 15) is 4.79 Å². The molecule has 2 heterocycles. The van der Waals surface area contributed by atoms with E-state index in [2.05, 4.69) is 12.1 Å². The molecule has 0 N–H and O–H groups in total. The third-order valence-corrected chi connectivity index (χ3v) is 6.68. The summed E-state index contributed by atoms with van der Waals surface area (Å²) in [6, 6.07) is 20.2. The highest BCUT2D eigenvalue weighted by atomic mass is 16.7. The molecule has 0 saturated heterocycles. The molecule has 3 unspecified atom stereocenters. The average Bonchev–Trinajstić information content (AvgIpc) is 3.50. The monoisotopic (exact) mass is 430 g/mol. The normalized spacial score (nSPS) is 22.3. The highest BCUT2D eigenvalue weighted by molar-refractivity contribution is 5.77. The zero-order valence-electron chi connectivity index (χ0n) is 17.6. The molecular weight excluding hydrogens is 408 g/mol. The van der Waals surface area contributed by atoms with Crippen LogP contribution in [0.25, 0.3) is 0 Å². The first-order valence-electron chi connectivity index (χ1n) is 10.7. The Kier molecular flexibility index (Phi) is 4.45. The van der Waals surface area contributed by atoms with Gasteiger partial charge in [0, 0.05) is 11.8 Å². The van der Waals surface area contributed by atoms with Crippen LogP contribution in [0.5, 0.6) is 23.0 Å². The third kappa shape index (κ3) is 2.98. The lowest BCUT2D eigenvalue weighted by Gasteiger charge is -2.38. The minimum atomic E-state index is -0.407. The second kappa shape index (κ2) is 7.48. The zero-order chi connectivity index (χ0) is 21.7. The summed E-state index contributed by atoms with van der Waals surface area (Å²) in [6.07, 6.45) is 0.733. The molecule has 0 radical (unpaired) electrons. The van der Waals surface area contributed by atoms with Gasteiger partial charge in [-0.1, -0.05) is 36.4 Å². The first kappa shape index (κ1) is 19.0. The van der Waals surface area contributed by atoms with Crippen LogP contribution in [-0.4, -0.2) is 26.7 Å². The fraction of sp³-hybridized carbons (Fsp3) is 0.269. The van der Waals surface area contributed by atoms with Crippen LogP contribution in [0, 0.1) is 5.92 Å². The Morgan fingerprint density at radius 3 is 2.16 bits per heavy atom. The van der Waals surface area contributed by atoms with Crippen LogP contribution in [-0.2, 0) is 16.0 Å². The standard InChI is InChI=1S/C26H22O6/c1-28-26(27)25-19(16-6-8-20-22(11-16)31-13-29-20)10-15-4-2-3-5-18(15)24(25)17-7-9-21-23(12-17)32-14-30-21/h2-9,11-12,19,24-25H,10,13-14H2,1H3. The number of hydrogen-bond acceptors (Lipinski definition) is 6. The number of carbonyl (C=O) groups is 1. The SMILES string of the molecule is COC(=O)C1C(c2ccc3c(c2)OCO3)Cc2ccccc2C1c1ccc2c(c1)OCO2. The highest BCUT2D eigenvalue weighted by Gasteiger charge is 2.44. The summed E-state index contributed by atoms with van der Waals surface area (Å²) in [6.45, 7) is 0.423. The van der Waals surface area contributed by atoms with Gasteiger partial charge >= 0.3 is 5.97 Å². The van der Waals surface area contributed by atoms with E-state index in [0.717, 1.165) is 34.6 Å². The molecule has 6 nitrogen and oxygen atoms in total. The van der Waals surface area contributed by atoms with Crippen molar-refractivity contribution in [2.45, 2.75) is 18.3 Å². The van der Waals surface area contributed by atoms with Gasteiger partial charge < -0.3 is 23.7 Å². The van der Waals surface area contributed by atoms with Crippen molar-refractivity contribution in [3.63, 3.8) is 0 Å². The number of carbonyl (C=O) groups excluding carboxylic acids is 1. The van der Waals surface area contributed by atoms with Crippen LogP contribution >= 0.6 is 0 Å². The molecule has 0 spiro atoms. The Balaban J connectivity index is 1.51. The van der Waals surface area contributed by atoms with Crippen LogP contribution in [0.3, 0.4) is 0 Å². The third-order valence-electron chi connectivity index (χ3n) is 6.68. The van der Waals surface area contributed by atoms with Crippen molar-refractivity contribution in [3.05, 3.63) is 82.9 Å². The Hall–Kier alpha value is -3.67. The molecule has 6 heteroatoms. The summed E-state index contributed by atoms with van der Waals surface area (Å²) in [4.78, 5) is 13.3. The maximum Gasteiger partial charge on any atom is 0.310 e. The largest absolute Gasteiger partial charge is 0.469 e. The molecule has 162 valence electrons. The Bertz CT molecular complexity index is 1200. The van der Waals surface area contributed by atoms with Gasteiger partial charge in [0.1, 0.15) is 0 Å². The summed E-state index contributed by atoms with van der Waals surface area (Å²) in [5, 5.41) is 0. The first-order chi connectivity index (χ1) is 15.7. The molecule has 6 rings (SSSR count). The van der Waals surface area contributed by atoms with Crippen LogP contribution in [0.2, 0.25) is 0 Å². The predicted molar refractivity (Wildman–Crippen MR) is 115 cm³/mol. The summed E-state index contributed by atoms with van der Waals surface area (Å²) in [5.74, 6) is 1.96. The van der Waals surface area contributed by atoms with E-state index in [1.165, 1.54) is 12.7 Å². The molecule has 0 aromatic heterocycles. The van der Waals surface area contributed by atoms with E-state index in [4.69, 9.17) is 23.7 Å². The molecular formula is C26H22O6. The summed E-state index contributed by atoms with van der Waals surface area (Å²) in [5.41, 5.74) is 4.39. The lowest BCUT2D eigenvalue weighted by molar-refractivity contribution is -0.147. The van der Waals surface area contributed by atoms with Crippen molar-refractivity contribution in [1.29, 1.82) is 0 Å². The number of ether oxygens (including phenoxy) is 5. The maximum atomic E-state index is 13.3. The topological polar surface area (TPSA) is 63.2 Å². The highest BCUT2D eigenvalue weighted by Crippen LogP contribution is 2.50. The molecule has 3 atom stereocenters. The van der Waals surface area contributed by atoms with Gasteiger partial charge in [-0.25, -0.2) is 0 Å². The van der Waals surface area contributed by atoms with Gasteiger partial charge in [0.15, 0.2) is 23.0 Å². The van der Waals surface area contributed by atoms with Crippen molar-refractivity contribution in [1.82, 2.24) is 0 Å². The molecule has 2 aliphatic heterocycles. The molecule has 0 fully saturated rings. The van der Waals surface area contributed by atoms with Crippen LogP contribution in [0.1, 0.15) is 34.1 Å². The van der Waals surface area contributed by atoms with E-state index in [-0.39, 0.29) is 31.4 Å². The van der Waals surface area contributed by atoms with Gasteiger partial charge in [0.05, 0.1) is 13.0 Å². The fourth-order valence-corrected chi connectivity index (χ4v) is 5.21. The van der Waals surface area contributed by atoms with Gasteiger partial charge in [0.25, 0.3) is 0 Å². The molecule has 1 aliphatic carbocycles. The minimum Gasteiger partial charge on any atom is -0.469 e. The van der Waals surface area contributed by atoms with Gasteiger partial charge in [-0.2, -0.15) is 0 Å². The molecule has 3 aliphatic rings. The van der Waals surface area contributed by atoms with Gasteiger partial charge in [-0.3, -0.25) is 4.79 Å². The smallest absolute Gasteiger partial charge is 0.310 e. The van der Waals surface area contributed by atoms with Crippen molar-refractivity contribution in [2.24, 2.45) is 5.92 Å². The lowest BCUT2D eigenvalue weighted by Crippen LogP contribution is -2.35. The number of rotatable bonds is 3. The van der Waals surface area contributed by atoms with Gasteiger partial charge in [-0.15, -0.1) is 0 Å². The second-order valence-corrected chi connectivity index (χ2v) is 8.26. The number of hydrogen-bond donors (Lipinski definition) is 0. The van der Waals surface area contributed by atoms with Crippen molar-refractivity contribution >= 4 is 5.97 Å². The average molecular weight is 430 g/mol. The molecule has 3 aromatic carbocycles. The summed E-state index contributed by atoms with van der Waals surface area (Å²) in [7, 11) is 1.45. The van der Waals surface area contributed by atoms with Crippen LogP contribution in [0.15, 0.2) is 60.7 Å². The quantitative estimate of drug-likeness (QED) is 0.574. The van der Waals surface area contributed by atoms with Crippen LogP contribution < -0.4 is 18.9 Å². The van der Waals surface area contributed by atoms with E-state index in [1.807, 2.05) is 48.5 Å². The molecule has 0 saturated carbocycles. The molecule has 32 heavy (non-hydrogen) atoms. The predicted octanol–water partition coefficient (Wildman–Crippen LogP) is 4.41. The first-order valence-corrected chi connectivity index (χ1v) is 10.7. The molecule has 0 amide bonds. The fourth-order valence-electron chi connectivity index (χ4n) is 5.21. The number of methoxy groups -OCH3 is 1. The summed E-state index contributed by atoms with van der Waals surface area (Å²) >= 11 is 0. The van der Waals surface area contributed by atoms with E-state index >= 15 is 0 Å². The Morgan fingerprint density at radius 1 is 0.812 bits per heavy atom. The second-order valence-electron chi connectivity index (χ2n) is 8.26. The van der Waals surface area contributed by atoms with E-state index in [0.29, 0.717) is 11.5 Å². The van der Waals surface area contributed by atoms with Gasteiger partial charge in [-0.05, 0) is 52.9 Å². The van der Waals surface area contributed by atoms with Crippen LogP contribution in [0.4, 0.5) is 0 Å². The number of fused-ring (bicyclic) bond motifs is 3.